The summed E-state index contributed by atoms with van der Waals surface area (Å²) in [5, 5.41) is 0. The van der Waals surface area contributed by atoms with Crippen molar-refractivity contribution in [3.63, 3.8) is 0 Å². The molecule has 0 radical (unpaired) electrons. The third-order valence-electron chi connectivity index (χ3n) is 3.14. The van der Waals surface area contributed by atoms with Crippen LogP contribution in [-0.2, 0) is 19.6 Å². The fourth-order valence-electron chi connectivity index (χ4n) is 1.99. The predicted molar refractivity (Wildman–Crippen MR) is 70.0 cm³/mol. The summed E-state index contributed by atoms with van der Waals surface area (Å²) in [4.78, 5) is 12.0. The zero-order chi connectivity index (χ0) is 14.0. The number of rotatable bonds is 3. The lowest BCUT2D eigenvalue weighted by Crippen LogP contribution is -2.36. The monoisotopic (exact) mass is 283 g/mol. The van der Waals surface area contributed by atoms with Crippen LogP contribution in [0.2, 0.25) is 0 Å². The van der Waals surface area contributed by atoms with E-state index in [1.165, 1.54) is 12.1 Å². The van der Waals surface area contributed by atoms with Crippen LogP contribution in [0.5, 0.6) is 0 Å². The molecule has 1 heterocycles. The highest BCUT2D eigenvalue weighted by atomic mass is 32.2. The van der Waals surface area contributed by atoms with E-state index in [9.17, 15) is 13.2 Å². The minimum Gasteiger partial charge on any atom is -0.378 e. The second kappa shape index (κ2) is 5.30. The third kappa shape index (κ3) is 3.33. The molecule has 2 unspecified atom stereocenters. The van der Waals surface area contributed by atoms with Gasteiger partial charge in [0.2, 0.25) is 5.91 Å². The van der Waals surface area contributed by atoms with Gasteiger partial charge in [-0.15, -0.1) is 0 Å². The van der Waals surface area contributed by atoms with E-state index in [1.54, 1.807) is 12.1 Å². The molecule has 0 bridgehead atoms. The first-order valence-corrected chi connectivity index (χ1v) is 7.62. The molecule has 1 aliphatic rings. The Labute approximate surface area is 113 Å². The molecular formula is C13H17NO4S. The smallest absolute Gasteiger partial charge is 0.264 e. The fraction of sp³-hybridized carbons (Fsp3) is 0.462. The molecule has 0 aliphatic carbocycles. The van der Waals surface area contributed by atoms with Crippen LogP contribution in [0.1, 0.15) is 18.9 Å². The van der Waals surface area contributed by atoms with Gasteiger partial charge in [0, 0.05) is 0 Å². The average Bonchev–Trinajstić information content (AvgIpc) is 2.76. The molecule has 19 heavy (non-hydrogen) atoms. The Kier molecular flexibility index (Phi) is 3.91. The molecule has 1 fully saturated rings. The lowest BCUT2D eigenvalue weighted by atomic mass is 10.1. The minimum atomic E-state index is -3.79. The van der Waals surface area contributed by atoms with E-state index in [-0.39, 0.29) is 17.6 Å². The first-order chi connectivity index (χ1) is 8.88. The molecule has 1 saturated heterocycles. The highest BCUT2D eigenvalue weighted by Crippen LogP contribution is 2.20. The molecule has 1 N–H and O–H groups in total. The molecule has 1 aliphatic heterocycles. The topological polar surface area (TPSA) is 72.5 Å². The van der Waals surface area contributed by atoms with Gasteiger partial charge in [0.05, 0.1) is 23.5 Å². The Balaban J connectivity index is 2.09. The molecule has 104 valence electrons. The second-order valence-electron chi connectivity index (χ2n) is 4.86. The van der Waals surface area contributed by atoms with E-state index >= 15 is 0 Å². The molecular weight excluding hydrogens is 266 g/mol. The maximum atomic E-state index is 12.0. The minimum absolute atomic E-state index is 0.00201. The normalized spacial score (nSPS) is 23.3. The molecule has 0 aromatic heterocycles. The van der Waals surface area contributed by atoms with Crippen LogP contribution in [0, 0.1) is 12.8 Å². The van der Waals surface area contributed by atoms with Gasteiger partial charge in [-0.1, -0.05) is 17.7 Å². The van der Waals surface area contributed by atoms with E-state index < -0.39 is 21.8 Å². The quantitative estimate of drug-likeness (QED) is 0.905. The zero-order valence-electron chi connectivity index (χ0n) is 10.9. The van der Waals surface area contributed by atoms with Crippen molar-refractivity contribution in [1.29, 1.82) is 0 Å². The first kappa shape index (κ1) is 14.0. The van der Waals surface area contributed by atoms with Gasteiger partial charge in [0.1, 0.15) is 0 Å². The third-order valence-corrected chi connectivity index (χ3v) is 4.50. The van der Waals surface area contributed by atoms with E-state index in [2.05, 4.69) is 4.72 Å². The summed E-state index contributed by atoms with van der Waals surface area (Å²) in [6, 6.07) is 6.36. The van der Waals surface area contributed by atoms with E-state index in [4.69, 9.17) is 4.74 Å². The maximum Gasteiger partial charge on any atom is 0.264 e. The lowest BCUT2D eigenvalue weighted by Gasteiger charge is -2.10. The number of sulfonamides is 1. The average molecular weight is 283 g/mol. The van der Waals surface area contributed by atoms with E-state index in [0.717, 1.165) is 5.56 Å². The van der Waals surface area contributed by atoms with Crippen molar-refractivity contribution in [2.45, 2.75) is 31.3 Å². The number of ether oxygens (including phenoxy) is 1. The molecule has 1 amide bonds. The standard InChI is InChI=1S/C13H17NO4S/c1-9-3-5-12(6-4-9)19(16,17)14-13(15)11-7-10(2)18-8-11/h3-6,10-11H,7-8H2,1-2H3,(H,14,15). The van der Waals surface area contributed by atoms with Crippen LogP contribution in [0.25, 0.3) is 0 Å². The summed E-state index contributed by atoms with van der Waals surface area (Å²) in [6.45, 7) is 4.00. The van der Waals surface area contributed by atoms with Crippen molar-refractivity contribution in [1.82, 2.24) is 4.72 Å². The summed E-state index contributed by atoms with van der Waals surface area (Å²) < 4.78 is 31.4. The van der Waals surface area contributed by atoms with Crippen molar-refractivity contribution in [3.05, 3.63) is 29.8 Å². The summed E-state index contributed by atoms with van der Waals surface area (Å²) >= 11 is 0. The Hall–Kier alpha value is -1.40. The van der Waals surface area contributed by atoms with Gasteiger partial charge in [-0.3, -0.25) is 4.79 Å². The van der Waals surface area contributed by atoms with Gasteiger partial charge in [-0.2, -0.15) is 0 Å². The number of hydrogen-bond acceptors (Lipinski definition) is 4. The zero-order valence-corrected chi connectivity index (χ0v) is 11.7. The predicted octanol–water partition coefficient (Wildman–Crippen LogP) is 1.22. The Bertz CT molecular complexity index is 565. The molecule has 5 nitrogen and oxygen atoms in total. The summed E-state index contributed by atoms with van der Waals surface area (Å²) in [5.41, 5.74) is 0.961. The van der Waals surface area contributed by atoms with Crippen LogP contribution in [0.4, 0.5) is 0 Å². The number of benzene rings is 1. The van der Waals surface area contributed by atoms with E-state index in [1.807, 2.05) is 13.8 Å². The van der Waals surface area contributed by atoms with Crippen LogP contribution < -0.4 is 4.72 Å². The molecule has 0 saturated carbocycles. The first-order valence-electron chi connectivity index (χ1n) is 6.13. The summed E-state index contributed by atoms with van der Waals surface area (Å²) in [5.74, 6) is -0.889. The van der Waals surface area contributed by atoms with Crippen LogP contribution in [-0.4, -0.2) is 27.0 Å². The Morgan fingerprint density at radius 2 is 1.95 bits per heavy atom. The second-order valence-corrected chi connectivity index (χ2v) is 6.54. The molecule has 6 heteroatoms. The highest BCUT2D eigenvalue weighted by molar-refractivity contribution is 7.90. The van der Waals surface area contributed by atoms with Crippen LogP contribution in [0.15, 0.2) is 29.2 Å². The largest absolute Gasteiger partial charge is 0.378 e. The number of carbonyl (C=O) groups excluding carboxylic acids is 1. The Morgan fingerprint density at radius 1 is 1.32 bits per heavy atom. The van der Waals surface area contributed by atoms with Gasteiger partial charge < -0.3 is 4.74 Å². The molecule has 1 aromatic carbocycles. The van der Waals surface area contributed by atoms with Gasteiger partial charge in [0.25, 0.3) is 10.0 Å². The van der Waals surface area contributed by atoms with Gasteiger partial charge in [0.15, 0.2) is 0 Å². The molecule has 2 rings (SSSR count). The number of nitrogens with one attached hydrogen (secondary N) is 1. The number of carbonyl (C=O) groups is 1. The SMILES string of the molecule is Cc1ccc(S(=O)(=O)NC(=O)C2COC(C)C2)cc1. The van der Waals surface area contributed by atoms with Gasteiger partial charge in [-0.05, 0) is 32.4 Å². The number of amides is 1. The molecule has 2 atom stereocenters. The van der Waals surface area contributed by atoms with Crippen LogP contribution in [0.3, 0.4) is 0 Å². The van der Waals surface area contributed by atoms with Crippen molar-refractivity contribution in [3.8, 4) is 0 Å². The van der Waals surface area contributed by atoms with Crippen molar-refractivity contribution >= 4 is 15.9 Å². The molecule has 0 spiro atoms. The van der Waals surface area contributed by atoms with Gasteiger partial charge >= 0.3 is 0 Å². The highest BCUT2D eigenvalue weighted by Gasteiger charge is 2.31. The lowest BCUT2D eigenvalue weighted by molar-refractivity contribution is -0.123. The molecule has 1 aromatic rings. The van der Waals surface area contributed by atoms with Crippen molar-refractivity contribution in [2.75, 3.05) is 6.61 Å². The van der Waals surface area contributed by atoms with Gasteiger partial charge in [-0.25, -0.2) is 13.1 Å². The van der Waals surface area contributed by atoms with Crippen LogP contribution >= 0.6 is 0 Å². The number of hydrogen-bond donors (Lipinski definition) is 1. The summed E-state index contributed by atoms with van der Waals surface area (Å²) in [7, 11) is -3.79. The van der Waals surface area contributed by atoms with Crippen molar-refractivity contribution in [2.24, 2.45) is 5.92 Å². The number of aryl methyl sites for hydroxylation is 1. The fourth-order valence-corrected chi connectivity index (χ4v) is 3.04. The maximum absolute atomic E-state index is 12.0. The Morgan fingerprint density at radius 3 is 2.47 bits per heavy atom. The summed E-state index contributed by atoms with van der Waals surface area (Å²) in [6.07, 6.45) is 0.549. The van der Waals surface area contributed by atoms with E-state index in [0.29, 0.717) is 6.42 Å². The van der Waals surface area contributed by atoms with Crippen molar-refractivity contribution < 1.29 is 17.9 Å².